The molecule has 2 saturated heterocycles. The number of rotatable bonds is 8. The van der Waals surface area contributed by atoms with Crippen molar-refractivity contribution < 1.29 is 27.5 Å². The maximum absolute atomic E-state index is 13.8. The molecular formula is C23H22BrF3N6O3S2. The summed E-state index contributed by atoms with van der Waals surface area (Å²) in [5.41, 5.74) is 9.98. The van der Waals surface area contributed by atoms with Crippen molar-refractivity contribution in [1.82, 2.24) is 20.5 Å². The van der Waals surface area contributed by atoms with Crippen LogP contribution in [-0.2, 0) is 20.9 Å². The number of hydrazine groups is 1. The van der Waals surface area contributed by atoms with Gasteiger partial charge in [0.1, 0.15) is 29.8 Å². The van der Waals surface area contributed by atoms with Crippen LogP contribution in [0.2, 0.25) is 0 Å². The van der Waals surface area contributed by atoms with Crippen molar-refractivity contribution in [2.45, 2.75) is 41.3 Å². The van der Waals surface area contributed by atoms with Crippen molar-refractivity contribution >= 4 is 44.7 Å². The van der Waals surface area contributed by atoms with Gasteiger partial charge in [-0.3, -0.25) is 14.8 Å². The summed E-state index contributed by atoms with van der Waals surface area (Å²) in [6.45, 7) is 0.632. The van der Waals surface area contributed by atoms with Crippen molar-refractivity contribution in [3.05, 3.63) is 80.9 Å². The first-order chi connectivity index (χ1) is 18.3. The summed E-state index contributed by atoms with van der Waals surface area (Å²) < 4.78 is 54.6. The summed E-state index contributed by atoms with van der Waals surface area (Å²) in [4.78, 5) is 15.8. The molecule has 1 aromatic carbocycles. The van der Waals surface area contributed by atoms with Crippen LogP contribution in [0.4, 0.5) is 13.2 Å². The van der Waals surface area contributed by atoms with E-state index in [4.69, 9.17) is 25.9 Å². The van der Waals surface area contributed by atoms with Crippen LogP contribution in [0.25, 0.3) is 5.70 Å². The number of thiazole rings is 1. The van der Waals surface area contributed by atoms with Gasteiger partial charge in [-0.05, 0) is 34.1 Å². The standard InChI is InChI=1S/C23H22BrF3N6O3S2/c24-12-3-13(5-30-4-12)38-23-22(34-9-14-6-31-10-37-14)20(21-18(35-23)7-32-36-21)33(29)8-17(28)11-1-15(25)19(27)16(26)2-11/h1-6,8,10,18,20-23,32H,7,9,28-29H2/b17-8-. The van der Waals surface area contributed by atoms with Crippen molar-refractivity contribution in [2.75, 3.05) is 6.54 Å². The number of hydrogen-bond acceptors (Lipinski definition) is 11. The fourth-order valence-corrected chi connectivity index (χ4v) is 6.36. The number of ether oxygens (including phenoxy) is 2. The minimum atomic E-state index is -1.58. The Morgan fingerprint density at radius 2 is 2.03 bits per heavy atom. The molecule has 4 heterocycles. The molecule has 38 heavy (non-hydrogen) atoms. The summed E-state index contributed by atoms with van der Waals surface area (Å²) in [5, 5.41) is 1.28. The second kappa shape index (κ2) is 11.9. The molecular weight excluding hydrogens is 609 g/mol. The van der Waals surface area contributed by atoms with Crippen LogP contribution in [0.3, 0.4) is 0 Å². The van der Waals surface area contributed by atoms with Crippen LogP contribution >= 0.6 is 39.0 Å². The van der Waals surface area contributed by atoms with Crippen LogP contribution < -0.4 is 17.1 Å². The predicted molar refractivity (Wildman–Crippen MR) is 138 cm³/mol. The first-order valence-electron chi connectivity index (χ1n) is 11.3. The molecule has 2 aliphatic heterocycles. The van der Waals surface area contributed by atoms with Gasteiger partial charge in [-0.15, -0.1) is 11.3 Å². The molecule has 5 unspecified atom stereocenters. The summed E-state index contributed by atoms with van der Waals surface area (Å²) in [6, 6.07) is 2.86. The van der Waals surface area contributed by atoms with Gasteiger partial charge in [-0.25, -0.2) is 19.0 Å². The van der Waals surface area contributed by atoms with E-state index in [9.17, 15) is 13.2 Å². The second-order valence-corrected chi connectivity index (χ2v) is 11.5. The molecule has 202 valence electrons. The lowest BCUT2D eigenvalue weighted by Gasteiger charge is -2.45. The first kappa shape index (κ1) is 27.3. The molecule has 5 rings (SSSR count). The van der Waals surface area contributed by atoms with E-state index in [-0.39, 0.29) is 24.0 Å². The lowest BCUT2D eigenvalue weighted by molar-refractivity contribution is -0.183. The van der Waals surface area contributed by atoms with Gasteiger partial charge in [-0.2, -0.15) is 5.48 Å². The zero-order chi connectivity index (χ0) is 26.8. The molecule has 2 aliphatic rings. The molecule has 5 N–H and O–H groups in total. The van der Waals surface area contributed by atoms with E-state index >= 15 is 0 Å². The molecule has 0 bridgehead atoms. The summed E-state index contributed by atoms with van der Waals surface area (Å²) >= 11 is 6.27. The third-order valence-corrected chi connectivity index (χ3v) is 8.20. The summed E-state index contributed by atoms with van der Waals surface area (Å²) in [7, 11) is 0. The molecule has 0 aliphatic carbocycles. The Labute approximate surface area is 232 Å². The molecule has 0 spiro atoms. The van der Waals surface area contributed by atoms with E-state index in [1.165, 1.54) is 34.3 Å². The fourth-order valence-electron chi connectivity index (χ4n) is 4.17. The molecule has 0 radical (unpaired) electrons. The van der Waals surface area contributed by atoms with Crippen LogP contribution in [0.15, 0.2) is 57.9 Å². The molecule has 15 heteroatoms. The minimum absolute atomic E-state index is 0.0702. The van der Waals surface area contributed by atoms with Gasteiger partial charge in [-0.1, -0.05) is 11.8 Å². The van der Waals surface area contributed by atoms with Crippen molar-refractivity contribution in [1.29, 1.82) is 0 Å². The SMILES string of the molecule is N/C(=C\N(N)C1C2ONCC2OC(Sc2cncc(Br)c2)C1OCc1cncs1)c1cc(F)c(F)c(F)c1. The highest BCUT2D eigenvalue weighted by Crippen LogP contribution is 2.39. The maximum atomic E-state index is 13.8. The lowest BCUT2D eigenvalue weighted by Crippen LogP contribution is -2.63. The highest BCUT2D eigenvalue weighted by molar-refractivity contribution is 9.10. The molecule has 0 amide bonds. The molecule has 5 atom stereocenters. The highest BCUT2D eigenvalue weighted by atomic mass is 79.9. The third kappa shape index (κ3) is 5.99. The normalized spacial score (nSPS) is 25.4. The number of pyridine rings is 1. The van der Waals surface area contributed by atoms with Crippen molar-refractivity contribution in [2.24, 2.45) is 11.6 Å². The number of hydroxylamine groups is 1. The van der Waals surface area contributed by atoms with E-state index in [0.717, 1.165) is 26.4 Å². The van der Waals surface area contributed by atoms with Crippen molar-refractivity contribution in [3.8, 4) is 0 Å². The number of nitrogens with two attached hydrogens (primary N) is 2. The van der Waals surface area contributed by atoms with E-state index < -0.39 is 41.1 Å². The Kier molecular flexibility index (Phi) is 8.54. The van der Waals surface area contributed by atoms with Crippen LogP contribution in [0, 0.1) is 17.5 Å². The smallest absolute Gasteiger partial charge is 0.194 e. The quantitative estimate of drug-likeness (QED) is 0.194. The molecule has 0 saturated carbocycles. The topological polar surface area (TPSA) is 121 Å². The Morgan fingerprint density at radius 1 is 1.24 bits per heavy atom. The van der Waals surface area contributed by atoms with E-state index in [2.05, 4.69) is 31.4 Å². The first-order valence-corrected chi connectivity index (χ1v) is 13.8. The number of aromatic nitrogens is 2. The van der Waals surface area contributed by atoms with E-state index in [1.54, 1.807) is 24.1 Å². The monoisotopic (exact) mass is 630 g/mol. The van der Waals surface area contributed by atoms with Gasteiger partial charge in [0.05, 0.1) is 29.2 Å². The lowest BCUT2D eigenvalue weighted by atomic mass is 9.96. The number of fused-ring (bicyclic) bond motifs is 1. The molecule has 2 fully saturated rings. The number of nitrogens with one attached hydrogen (secondary N) is 1. The van der Waals surface area contributed by atoms with Crippen LogP contribution in [0.5, 0.6) is 0 Å². The number of halogens is 4. The second-order valence-electron chi connectivity index (χ2n) is 8.45. The van der Waals surface area contributed by atoms with Gasteiger partial charge in [0, 0.05) is 39.7 Å². The van der Waals surface area contributed by atoms with E-state index in [1.807, 2.05) is 6.07 Å². The average molecular weight is 632 g/mol. The largest absolute Gasteiger partial charge is 0.397 e. The zero-order valence-electron chi connectivity index (χ0n) is 19.5. The Bertz CT molecular complexity index is 1280. The number of benzene rings is 1. The third-order valence-electron chi connectivity index (χ3n) is 5.90. The van der Waals surface area contributed by atoms with Crippen LogP contribution in [-0.4, -0.2) is 51.3 Å². The van der Waals surface area contributed by atoms with Gasteiger partial charge < -0.3 is 20.2 Å². The number of hydrogen-bond donors (Lipinski definition) is 3. The zero-order valence-corrected chi connectivity index (χ0v) is 22.7. The number of nitrogens with zero attached hydrogens (tertiary/aromatic N) is 3. The highest BCUT2D eigenvalue weighted by Gasteiger charge is 2.52. The van der Waals surface area contributed by atoms with Gasteiger partial charge in [0.25, 0.3) is 0 Å². The Balaban J connectivity index is 1.47. The Hall–Kier alpha value is -2.24. The fraction of sp³-hybridized carbons (Fsp3) is 0.304. The summed E-state index contributed by atoms with van der Waals surface area (Å²) in [5.74, 6) is 2.20. The maximum Gasteiger partial charge on any atom is 0.194 e. The minimum Gasteiger partial charge on any atom is -0.397 e. The van der Waals surface area contributed by atoms with E-state index in [0.29, 0.717) is 6.54 Å². The van der Waals surface area contributed by atoms with Gasteiger partial charge in [0.2, 0.25) is 0 Å². The molecule has 2 aromatic heterocycles. The average Bonchev–Trinajstić information content (AvgIpc) is 3.57. The molecule has 3 aromatic rings. The Morgan fingerprint density at radius 3 is 2.74 bits per heavy atom. The van der Waals surface area contributed by atoms with Crippen molar-refractivity contribution in [3.63, 3.8) is 0 Å². The summed E-state index contributed by atoms with van der Waals surface area (Å²) in [6.07, 6.45) is 4.77. The van der Waals surface area contributed by atoms with Gasteiger partial charge >= 0.3 is 0 Å². The predicted octanol–water partition coefficient (Wildman–Crippen LogP) is 3.53. The number of thioether (sulfide) groups is 1. The van der Waals surface area contributed by atoms with Gasteiger partial charge in [0.15, 0.2) is 17.5 Å². The molecule has 9 nitrogen and oxygen atoms in total. The van der Waals surface area contributed by atoms with Crippen LogP contribution in [0.1, 0.15) is 10.4 Å².